The van der Waals surface area contributed by atoms with Crippen molar-refractivity contribution in [3.8, 4) is 0 Å². The number of aliphatic hydroxyl groups excluding tert-OH is 2. The van der Waals surface area contributed by atoms with Gasteiger partial charge in [-0.2, -0.15) is 0 Å². The standard InChI is InChI=1S/C7H15NO2/c1-8-3-2-7(10)4-6(8)5-9/h6-7,9-10H,2-5H2,1H3/t6-,7+/m1/s1. The number of hydrogen-bond acceptors (Lipinski definition) is 3. The number of likely N-dealkylation sites (tertiary alicyclic amines) is 1. The van der Waals surface area contributed by atoms with Gasteiger partial charge in [-0.05, 0) is 19.9 Å². The summed E-state index contributed by atoms with van der Waals surface area (Å²) < 4.78 is 0. The quantitative estimate of drug-likeness (QED) is 0.519. The van der Waals surface area contributed by atoms with Crippen LogP contribution in [0.1, 0.15) is 12.8 Å². The summed E-state index contributed by atoms with van der Waals surface area (Å²) in [5, 5.41) is 18.0. The zero-order valence-corrected chi connectivity index (χ0v) is 6.32. The van der Waals surface area contributed by atoms with E-state index in [1.165, 1.54) is 0 Å². The second-order valence-electron chi connectivity index (χ2n) is 3.00. The minimum Gasteiger partial charge on any atom is -0.395 e. The molecule has 1 rings (SSSR count). The van der Waals surface area contributed by atoms with Crippen molar-refractivity contribution >= 4 is 0 Å². The average molecular weight is 145 g/mol. The third-order valence-corrected chi connectivity index (χ3v) is 2.19. The van der Waals surface area contributed by atoms with E-state index in [0.717, 1.165) is 13.0 Å². The molecule has 10 heavy (non-hydrogen) atoms. The minimum atomic E-state index is -0.201. The van der Waals surface area contributed by atoms with Crippen LogP contribution in [-0.4, -0.2) is 47.5 Å². The summed E-state index contributed by atoms with van der Waals surface area (Å²) in [6.07, 6.45) is 1.35. The Morgan fingerprint density at radius 2 is 2.30 bits per heavy atom. The SMILES string of the molecule is CN1CC[C@H](O)C[C@@H]1CO. The highest BCUT2D eigenvalue weighted by atomic mass is 16.3. The molecule has 3 heteroatoms. The molecule has 0 amide bonds. The molecule has 0 unspecified atom stereocenters. The number of hydrogen-bond donors (Lipinski definition) is 2. The van der Waals surface area contributed by atoms with Crippen LogP contribution in [0.5, 0.6) is 0 Å². The molecule has 0 radical (unpaired) electrons. The second kappa shape index (κ2) is 3.32. The Morgan fingerprint density at radius 3 is 2.80 bits per heavy atom. The molecule has 0 aromatic rings. The molecule has 0 bridgehead atoms. The van der Waals surface area contributed by atoms with E-state index in [9.17, 15) is 5.11 Å². The van der Waals surface area contributed by atoms with E-state index in [1.54, 1.807) is 0 Å². The van der Waals surface area contributed by atoms with Gasteiger partial charge < -0.3 is 15.1 Å². The van der Waals surface area contributed by atoms with Crippen LogP contribution >= 0.6 is 0 Å². The fourth-order valence-electron chi connectivity index (χ4n) is 1.36. The maximum absolute atomic E-state index is 9.19. The maximum Gasteiger partial charge on any atom is 0.0587 e. The van der Waals surface area contributed by atoms with Gasteiger partial charge in [0.2, 0.25) is 0 Å². The second-order valence-corrected chi connectivity index (χ2v) is 3.00. The highest BCUT2D eigenvalue weighted by Crippen LogP contribution is 2.14. The fraction of sp³-hybridized carbons (Fsp3) is 1.00. The molecule has 0 aromatic carbocycles. The minimum absolute atomic E-state index is 0.160. The summed E-state index contributed by atoms with van der Waals surface area (Å²) in [7, 11) is 1.98. The lowest BCUT2D eigenvalue weighted by Crippen LogP contribution is -2.43. The Hall–Kier alpha value is -0.120. The lowest BCUT2D eigenvalue weighted by molar-refractivity contribution is 0.0307. The normalized spacial score (nSPS) is 36.3. The number of piperidine rings is 1. The van der Waals surface area contributed by atoms with Crippen LogP contribution in [0.25, 0.3) is 0 Å². The summed E-state index contributed by atoms with van der Waals surface area (Å²) in [5.74, 6) is 0. The molecule has 0 spiro atoms. The van der Waals surface area contributed by atoms with Gasteiger partial charge in [0.1, 0.15) is 0 Å². The van der Waals surface area contributed by atoms with E-state index in [1.807, 2.05) is 7.05 Å². The molecule has 1 aliphatic heterocycles. The predicted molar refractivity (Wildman–Crippen MR) is 38.7 cm³/mol. The molecule has 2 N–H and O–H groups in total. The summed E-state index contributed by atoms with van der Waals surface area (Å²) in [4.78, 5) is 2.09. The third kappa shape index (κ3) is 1.68. The molecule has 1 heterocycles. The van der Waals surface area contributed by atoms with E-state index in [-0.39, 0.29) is 18.8 Å². The average Bonchev–Trinajstić information content (AvgIpc) is 1.94. The van der Waals surface area contributed by atoms with Gasteiger partial charge in [0.15, 0.2) is 0 Å². The van der Waals surface area contributed by atoms with Crippen LogP contribution in [0.15, 0.2) is 0 Å². The summed E-state index contributed by atoms with van der Waals surface area (Å²) in [5.41, 5.74) is 0. The van der Waals surface area contributed by atoms with Gasteiger partial charge >= 0.3 is 0 Å². The van der Waals surface area contributed by atoms with Crippen LogP contribution < -0.4 is 0 Å². The Bertz CT molecular complexity index is 108. The van der Waals surface area contributed by atoms with Gasteiger partial charge in [-0.1, -0.05) is 0 Å². The number of aliphatic hydroxyl groups is 2. The monoisotopic (exact) mass is 145 g/mol. The smallest absolute Gasteiger partial charge is 0.0587 e. The van der Waals surface area contributed by atoms with Gasteiger partial charge in [-0.25, -0.2) is 0 Å². The van der Waals surface area contributed by atoms with Gasteiger partial charge in [0, 0.05) is 12.6 Å². The van der Waals surface area contributed by atoms with Crippen molar-refractivity contribution < 1.29 is 10.2 Å². The first kappa shape index (κ1) is 7.98. The third-order valence-electron chi connectivity index (χ3n) is 2.19. The Kier molecular flexibility index (Phi) is 2.65. The van der Waals surface area contributed by atoms with Gasteiger partial charge in [-0.3, -0.25) is 0 Å². The lowest BCUT2D eigenvalue weighted by Gasteiger charge is -2.33. The van der Waals surface area contributed by atoms with E-state index in [4.69, 9.17) is 5.11 Å². The van der Waals surface area contributed by atoms with Crippen molar-refractivity contribution in [1.82, 2.24) is 4.90 Å². The zero-order chi connectivity index (χ0) is 7.56. The topological polar surface area (TPSA) is 43.7 Å². The van der Waals surface area contributed by atoms with Crippen molar-refractivity contribution in [3.05, 3.63) is 0 Å². The Balaban J connectivity index is 2.38. The number of nitrogens with zero attached hydrogens (tertiary/aromatic N) is 1. The van der Waals surface area contributed by atoms with Crippen molar-refractivity contribution in [2.45, 2.75) is 25.0 Å². The largest absolute Gasteiger partial charge is 0.395 e. The molecule has 0 saturated carbocycles. The van der Waals surface area contributed by atoms with Crippen molar-refractivity contribution in [3.63, 3.8) is 0 Å². The maximum atomic E-state index is 9.19. The van der Waals surface area contributed by atoms with Gasteiger partial charge in [-0.15, -0.1) is 0 Å². The fourth-order valence-corrected chi connectivity index (χ4v) is 1.36. The van der Waals surface area contributed by atoms with Crippen LogP contribution in [0.3, 0.4) is 0 Å². The van der Waals surface area contributed by atoms with Gasteiger partial charge in [0.05, 0.1) is 12.7 Å². The molecule has 1 fully saturated rings. The first-order chi connectivity index (χ1) is 4.74. The molecule has 1 saturated heterocycles. The molecular weight excluding hydrogens is 130 g/mol. The molecule has 60 valence electrons. The van der Waals surface area contributed by atoms with Crippen LogP contribution in [-0.2, 0) is 0 Å². The Morgan fingerprint density at radius 1 is 1.60 bits per heavy atom. The molecule has 0 aromatic heterocycles. The van der Waals surface area contributed by atoms with E-state index in [0.29, 0.717) is 6.42 Å². The number of likely N-dealkylation sites (N-methyl/N-ethyl adjacent to an activating group) is 1. The Labute approximate surface area is 61.3 Å². The summed E-state index contributed by atoms with van der Waals surface area (Å²) >= 11 is 0. The van der Waals surface area contributed by atoms with Crippen LogP contribution in [0.2, 0.25) is 0 Å². The summed E-state index contributed by atoms with van der Waals surface area (Å²) in [6, 6.07) is 0.170. The van der Waals surface area contributed by atoms with Crippen LogP contribution in [0.4, 0.5) is 0 Å². The predicted octanol–water partition coefficient (Wildman–Crippen LogP) is -0.566. The lowest BCUT2D eigenvalue weighted by atomic mass is 10.0. The van der Waals surface area contributed by atoms with Crippen molar-refractivity contribution in [2.24, 2.45) is 0 Å². The van der Waals surface area contributed by atoms with Crippen molar-refractivity contribution in [2.75, 3.05) is 20.2 Å². The van der Waals surface area contributed by atoms with E-state index >= 15 is 0 Å². The zero-order valence-electron chi connectivity index (χ0n) is 6.32. The highest BCUT2D eigenvalue weighted by molar-refractivity contribution is 4.78. The molecule has 3 nitrogen and oxygen atoms in total. The van der Waals surface area contributed by atoms with Crippen molar-refractivity contribution in [1.29, 1.82) is 0 Å². The van der Waals surface area contributed by atoms with Gasteiger partial charge in [0.25, 0.3) is 0 Å². The molecule has 2 atom stereocenters. The first-order valence-corrected chi connectivity index (χ1v) is 3.73. The molecular formula is C7H15NO2. The molecule has 0 aliphatic carbocycles. The van der Waals surface area contributed by atoms with E-state index < -0.39 is 0 Å². The highest BCUT2D eigenvalue weighted by Gasteiger charge is 2.23. The summed E-state index contributed by atoms with van der Waals surface area (Å²) in [6.45, 7) is 1.06. The first-order valence-electron chi connectivity index (χ1n) is 3.73. The molecule has 1 aliphatic rings. The number of rotatable bonds is 1. The van der Waals surface area contributed by atoms with Crippen LogP contribution in [0, 0.1) is 0 Å². The van der Waals surface area contributed by atoms with E-state index in [2.05, 4.69) is 4.90 Å².